The van der Waals surface area contributed by atoms with E-state index in [4.69, 9.17) is 5.11 Å². The Balaban J connectivity index is 2.95. The van der Waals surface area contributed by atoms with Gasteiger partial charge in [0.15, 0.2) is 5.03 Å². The number of hydrogen-bond acceptors (Lipinski definition) is 4. The van der Waals surface area contributed by atoms with E-state index in [0.29, 0.717) is 5.82 Å². The highest BCUT2D eigenvalue weighted by molar-refractivity contribution is 7.89. The first kappa shape index (κ1) is 14.1. The minimum absolute atomic E-state index is 0.00347. The van der Waals surface area contributed by atoms with Crippen LogP contribution in [0.5, 0.6) is 0 Å². The fraction of sp³-hybridized carbons (Fsp3) is 0.700. The van der Waals surface area contributed by atoms with Crippen molar-refractivity contribution in [2.75, 3.05) is 6.61 Å². The largest absolute Gasteiger partial charge is 0.395 e. The first-order valence-corrected chi connectivity index (χ1v) is 7.06. The van der Waals surface area contributed by atoms with E-state index in [9.17, 15) is 8.42 Å². The molecule has 0 amide bonds. The third-order valence-corrected chi connectivity index (χ3v) is 3.78. The van der Waals surface area contributed by atoms with Crippen molar-refractivity contribution < 1.29 is 13.5 Å². The Morgan fingerprint density at radius 3 is 2.76 bits per heavy atom. The second kappa shape index (κ2) is 5.61. The number of imidazole rings is 1. The van der Waals surface area contributed by atoms with Crippen LogP contribution in [0.3, 0.4) is 0 Å². The normalized spacial score (nSPS) is 13.9. The Morgan fingerprint density at radius 2 is 2.24 bits per heavy atom. The molecule has 0 radical (unpaired) electrons. The maximum atomic E-state index is 11.9. The number of nitrogens with one attached hydrogen (secondary N) is 1. The molecule has 1 heterocycles. The molecular weight excluding hydrogens is 242 g/mol. The molecule has 1 aromatic heterocycles. The summed E-state index contributed by atoms with van der Waals surface area (Å²) >= 11 is 0. The van der Waals surface area contributed by atoms with Crippen LogP contribution in [-0.4, -0.2) is 35.7 Å². The fourth-order valence-corrected chi connectivity index (χ4v) is 2.68. The minimum atomic E-state index is -3.63. The third kappa shape index (κ3) is 3.52. The van der Waals surface area contributed by atoms with Crippen molar-refractivity contribution in [3.05, 3.63) is 12.0 Å². The summed E-state index contributed by atoms with van der Waals surface area (Å²) in [6.45, 7) is 5.87. The van der Waals surface area contributed by atoms with Crippen LogP contribution in [0, 0.1) is 6.92 Å². The van der Waals surface area contributed by atoms with Crippen LogP contribution in [0.4, 0.5) is 0 Å². The molecule has 0 saturated heterocycles. The Hall–Kier alpha value is -0.920. The van der Waals surface area contributed by atoms with E-state index in [1.807, 2.05) is 6.92 Å². The number of aliphatic hydroxyl groups is 1. The third-order valence-electron chi connectivity index (χ3n) is 2.32. The topological polar surface area (TPSA) is 84.2 Å². The Bertz CT molecular complexity index is 467. The molecule has 0 spiro atoms. The molecule has 98 valence electrons. The van der Waals surface area contributed by atoms with Gasteiger partial charge < -0.3 is 9.67 Å². The lowest BCUT2D eigenvalue weighted by Gasteiger charge is -2.09. The van der Waals surface area contributed by atoms with E-state index >= 15 is 0 Å². The standard InChI is InChI=1S/C10H19N3O3S/c1-4-5-13-6-10(11-9(13)3)17(15,16)12-8(2)7-14/h6,8,12,14H,4-5,7H2,1-3H3. The lowest BCUT2D eigenvalue weighted by molar-refractivity contribution is 0.265. The number of aliphatic hydroxyl groups excluding tert-OH is 1. The van der Waals surface area contributed by atoms with Crippen molar-refractivity contribution in [2.24, 2.45) is 0 Å². The number of sulfonamides is 1. The fourth-order valence-electron chi connectivity index (χ4n) is 1.44. The highest BCUT2D eigenvalue weighted by Gasteiger charge is 2.20. The van der Waals surface area contributed by atoms with E-state index < -0.39 is 16.1 Å². The van der Waals surface area contributed by atoms with E-state index in [2.05, 4.69) is 9.71 Å². The van der Waals surface area contributed by atoms with Crippen LogP contribution in [0.1, 0.15) is 26.1 Å². The predicted molar refractivity (Wildman–Crippen MR) is 64.1 cm³/mol. The van der Waals surface area contributed by atoms with Gasteiger partial charge in [-0.15, -0.1) is 0 Å². The van der Waals surface area contributed by atoms with Crippen LogP contribution >= 0.6 is 0 Å². The molecule has 0 aliphatic carbocycles. The van der Waals surface area contributed by atoms with Crippen molar-refractivity contribution in [2.45, 2.75) is 44.8 Å². The quantitative estimate of drug-likeness (QED) is 0.769. The van der Waals surface area contributed by atoms with Gasteiger partial charge in [0, 0.05) is 18.8 Å². The van der Waals surface area contributed by atoms with Gasteiger partial charge >= 0.3 is 0 Å². The van der Waals surface area contributed by atoms with Gasteiger partial charge in [0.2, 0.25) is 0 Å². The molecule has 0 aliphatic rings. The maximum absolute atomic E-state index is 11.9. The highest BCUT2D eigenvalue weighted by atomic mass is 32.2. The summed E-state index contributed by atoms with van der Waals surface area (Å²) in [6, 6.07) is -0.517. The highest BCUT2D eigenvalue weighted by Crippen LogP contribution is 2.10. The average Bonchev–Trinajstić information content (AvgIpc) is 2.61. The van der Waals surface area contributed by atoms with Crippen LogP contribution in [0.25, 0.3) is 0 Å². The van der Waals surface area contributed by atoms with Crippen molar-refractivity contribution in [3.63, 3.8) is 0 Å². The molecular formula is C10H19N3O3S. The number of aryl methyl sites for hydroxylation is 2. The summed E-state index contributed by atoms with van der Waals surface area (Å²) in [5.74, 6) is 0.670. The van der Waals surface area contributed by atoms with Gasteiger partial charge in [-0.2, -0.15) is 0 Å². The van der Waals surface area contributed by atoms with Gasteiger partial charge in [-0.25, -0.2) is 18.1 Å². The molecule has 1 unspecified atom stereocenters. The van der Waals surface area contributed by atoms with Crippen LogP contribution < -0.4 is 4.72 Å². The molecule has 17 heavy (non-hydrogen) atoms. The number of hydrogen-bond donors (Lipinski definition) is 2. The maximum Gasteiger partial charge on any atom is 0.259 e. The average molecular weight is 261 g/mol. The van der Waals surface area contributed by atoms with E-state index in [1.54, 1.807) is 18.4 Å². The second-order valence-electron chi connectivity index (χ2n) is 4.02. The summed E-state index contributed by atoms with van der Waals surface area (Å²) in [4.78, 5) is 4.02. The molecule has 7 heteroatoms. The number of nitrogens with zero attached hydrogens (tertiary/aromatic N) is 2. The zero-order chi connectivity index (χ0) is 13.1. The van der Waals surface area contributed by atoms with Crippen LogP contribution in [0.2, 0.25) is 0 Å². The van der Waals surface area contributed by atoms with Gasteiger partial charge in [0.1, 0.15) is 5.82 Å². The van der Waals surface area contributed by atoms with E-state index in [-0.39, 0.29) is 11.6 Å². The van der Waals surface area contributed by atoms with Gasteiger partial charge in [-0.3, -0.25) is 0 Å². The van der Waals surface area contributed by atoms with E-state index in [1.165, 1.54) is 6.20 Å². The minimum Gasteiger partial charge on any atom is -0.395 e. The van der Waals surface area contributed by atoms with E-state index in [0.717, 1.165) is 13.0 Å². The molecule has 0 bridgehead atoms. The van der Waals surface area contributed by atoms with Gasteiger partial charge in [-0.05, 0) is 20.3 Å². The lowest BCUT2D eigenvalue weighted by atomic mass is 10.4. The van der Waals surface area contributed by atoms with Crippen molar-refractivity contribution >= 4 is 10.0 Å². The molecule has 1 aromatic rings. The second-order valence-corrected chi connectivity index (χ2v) is 5.69. The Labute approximate surface area is 102 Å². The van der Waals surface area contributed by atoms with Gasteiger partial charge in [0.05, 0.1) is 6.61 Å². The summed E-state index contributed by atoms with van der Waals surface area (Å²) in [7, 11) is -3.63. The summed E-state index contributed by atoms with van der Waals surface area (Å²) in [5.41, 5.74) is 0. The molecule has 0 fully saturated rings. The van der Waals surface area contributed by atoms with Crippen molar-refractivity contribution in [1.29, 1.82) is 0 Å². The molecule has 1 atom stereocenters. The molecule has 0 aliphatic heterocycles. The molecule has 0 saturated carbocycles. The van der Waals surface area contributed by atoms with Gasteiger partial charge in [0.25, 0.3) is 10.0 Å². The summed E-state index contributed by atoms with van der Waals surface area (Å²) in [5, 5.41) is 8.84. The SMILES string of the molecule is CCCn1cc(S(=O)(=O)NC(C)CO)nc1C. The first-order valence-electron chi connectivity index (χ1n) is 5.57. The summed E-state index contributed by atoms with van der Waals surface area (Å²) in [6.07, 6.45) is 2.43. The Morgan fingerprint density at radius 1 is 1.59 bits per heavy atom. The smallest absolute Gasteiger partial charge is 0.259 e. The predicted octanol–water partition coefficient (Wildman–Crippen LogP) is 0.261. The van der Waals surface area contributed by atoms with Gasteiger partial charge in [-0.1, -0.05) is 6.92 Å². The zero-order valence-electron chi connectivity index (χ0n) is 10.3. The molecule has 0 aromatic carbocycles. The molecule has 6 nitrogen and oxygen atoms in total. The zero-order valence-corrected chi connectivity index (χ0v) is 11.2. The van der Waals surface area contributed by atoms with Crippen molar-refractivity contribution in [1.82, 2.24) is 14.3 Å². The molecule has 2 N–H and O–H groups in total. The lowest BCUT2D eigenvalue weighted by Crippen LogP contribution is -2.35. The number of aromatic nitrogens is 2. The van der Waals surface area contributed by atoms with Crippen LogP contribution in [0.15, 0.2) is 11.2 Å². The summed E-state index contributed by atoms with van der Waals surface area (Å²) < 4.78 is 27.9. The first-order chi connectivity index (χ1) is 7.90. The monoisotopic (exact) mass is 261 g/mol. The molecule has 1 rings (SSSR count). The van der Waals surface area contributed by atoms with Crippen molar-refractivity contribution in [3.8, 4) is 0 Å². The van der Waals surface area contributed by atoms with Crippen LogP contribution in [-0.2, 0) is 16.6 Å². The Kier molecular flexibility index (Phi) is 4.67. The number of rotatable bonds is 6.